The van der Waals surface area contributed by atoms with Gasteiger partial charge in [0.15, 0.2) is 5.82 Å². The highest BCUT2D eigenvalue weighted by atomic mass is 79.9. The van der Waals surface area contributed by atoms with Gasteiger partial charge in [0.2, 0.25) is 5.16 Å². The maximum atomic E-state index is 11.6. The Labute approximate surface area is 144 Å². The molecule has 3 aromatic rings. The molecule has 0 saturated carbocycles. The Morgan fingerprint density at radius 3 is 2.87 bits per heavy atom. The minimum Gasteiger partial charge on any atom is -0.468 e. The number of carbonyl (C=O) groups excluding carboxylic acids is 1. The van der Waals surface area contributed by atoms with Crippen LogP contribution >= 0.6 is 27.7 Å². The van der Waals surface area contributed by atoms with Crippen molar-refractivity contribution in [1.82, 2.24) is 15.2 Å². The fourth-order valence-corrected chi connectivity index (χ4v) is 2.94. The molecule has 0 amide bonds. The van der Waals surface area contributed by atoms with Crippen LogP contribution in [0, 0.1) is 0 Å². The summed E-state index contributed by atoms with van der Waals surface area (Å²) in [5, 5.41) is 7.65. The van der Waals surface area contributed by atoms with Crippen molar-refractivity contribution in [1.29, 1.82) is 0 Å². The number of aromatic amines is 1. The summed E-state index contributed by atoms with van der Waals surface area (Å²) in [6.45, 7) is 0. The zero-order valence-electron chi connectivity index (χ0n) is 12.1. The number of carbonyl (C=O) groups is 1. The highest BCUT2D eigenvalue weighted by Gasteiger charge is 2.16. The van der Waals surface area contributed by atoms with E-state index in [0.717, 1.165) is 10.0 Å². The number of hydrogen-bond donors (Lipinski definition) is 1. The molecule has 0 bridgehead atoms. The highest BCUT2D eigenvalue weighted by molar-refractivity contribution is 9.10. The number of furan rings is 1. The quantitative estimate of drug-likeness (QED) is 0.522. The second-order valence-corrected chi connectivity index (χ2v) is 6.37. The van der Waals surface area contributed by atoms with E-state index in [1.165, 1.54) is 25.1 Å². The third-order valence-electron chi connectivity index (χ3n) is 3.07. The molecule has 0 radical (unpaired) electrons. The molecule has 1 aromatic carbocycles. The van der Waals surface area contributed by atoms with E-state index in [9.17, 15) is 4.79 Å². The third-order valence-corrected chi connectivity index (χ3v) is 4.44. The topological polar surface area (TPSA) is 81.0 Å². The Hall–Kier alpha value is -2.06. The zero-order chi connectivity index (χ0) is 16.2. The van der Waals surface area contributed by atoms with Gasteiger partial charge in [-0.15, -0.1) is 5.10 Å². The molecule has 118 valence electrons. The van der Waals surface area contributed by atoms with E-state index in [1.54, 1.807) is 6.07 Å². The monoisotopic (exact) mass is 393 g/mol. The summed E-state index contributed by atoms with van der Waals surface area (Å²) in [5.74, 6) is 1.25. The number of halogens is 1. The second-order valence-electron chi connectivity index (χ2n) is 4.51. The summed E-state index contributed by atoms with van der Waals surface area (Å²) in [6.07, 6.45) is 1.47. The molecule has 0 unspecified atom stereocenters. The summed E-state index contributed by atoms with van der Waals surface area (Å²) in [7, 11) is 1.34. The van der Waals surface area contributed by atoms with E-state index in [-0.39, 0.29) is 0 Å². The smallest absolute Gasteiger partial charge is 0.341 e. The number of esters is 1. The Morgan fingerprint density at radius 2 is 2.13 bits per heavy atom. The number of rotatable bonds is 5. The lowest BCUT2D eigenvalue weighted by atomic mass is 10.2. The first-order valence-corrected chi connectivity index (χ1v) is 8.41. The van der Waals surface area contributed by atoms with E-state index in [0.29, 0.717) is 28.1 Å². The second kappa shape index (κ2) is 7.01. The minimum atomic E-state index is -0.417. The lowest BCUT2D eigenvalue weighted by Gasteiger charge is -1.99. The first-order chi connectivity index (χ1) is 11.2. The van der Waals surface area contributed by atoms with Crippen molar-refractivity contribution in [3.05, 3.63) is 52.4 Å². The third kappa shape index (κ3) is 3.65. The van der Waals surface area contributed by atoms with Crippen LogP contribution in [0.3, 0.4) is 0 Å². The molecule has 0 aliphatic rings. The average Bonchev–Trinajstić information content (AvgIpc) is 3.22. The summed E-state index contributed by atoms with van der Waals surface area (Å²) in [6, 6.07) is 9.36. The van der Waals surface area contributed by atoms with Gasteiger partial charge < -0.3 is 9.15 Å². The van der Waals surface area contributed by atoms with E-state index in [2.05, 4.69) is 31.1 Å². The van der Waals surface area contributed by atoms with E-state index in [4.69, 9.17) is 9.15 Å². The van der Waals surface area contributed by atoms with Gasteiger partial charge in [0.25, 0.3) is 0 Å². The van der Waals surface area contributed by atoms with Crippen LogP contribution in [0.2, 0.25) is 0 Å². The summed E-state index contributed by atoms with van der Waals surface area (Å²) in [5.41, 5.74) is 1.37. The van der Waals surface area contributed by atoms with Gasteiger partial charge in [-0.1, -0.05) is 39.8 Å². The molecule has 23 heavy (non-hydrogen) atoms. The molecule has 0 fully saturated rings. The molecule has 3 rings (SSSR count). The van der Waals surface area contributed by atoms with E-state index < -0.39 is 5.97 Å². The molecule has 2 aromatic heterocycles. The van der Waals surface area contributed by atoms with Gasteiger partial charge in [0.05, 0.1) is 19.1 Å². The minimum absolute atomic E-state index is 0.417. The molecule has 0 aliphatic heterocycles. The van der Waals surface area contributed by atoms with Crippen LogP contribution < -0.4 is 0 Å². The van der Waals surface area contributed by atoms with Crippen molar-refractivity contribution in [3.8, 4) is 11.4 Å². The van der Waals surface area contributed by atoms with Crippen molar-refractivity contribution >= 4 is 33.7 Å². The van der Waals surface area contributed by atoms with Crippen LogP contribution in [0.15, 0.2) is 50.6 Å². The summed E-state index contributed by atoms with van der Waals surface area (Å²) >= 11 is 4.77. The zero-order valence-corrected chi connectivity index (χ0v) is 14.5. The van der Waals surface area contributed by atoms with Crippen LogP contribution in [-0.2, 0) is 10.5 Å². The number of benzene rings is 1. The van der Waals surface area contributed by atoms with Gasteiger partial charge in [-0.25, -0.2) is 9.78 Å². The van der Waals surface area contributed by atoms with Crippen molar-refractivity contribution in [3.63, 3.8) is 0 Å². The average molecular weight is 394 g/mol. The fourth-order valence-electron chi connectivity index (χ4n) is 1.92. The number of nitrogens with one attached hydrogen (secondary N) is 1. The Morgan fingerprint density at radius 1 is 1.35 bits per heavy atom. The Bertz CT molecular complexity index is 813. The molecule has 0 saturated heterocycles. The van der Waals surface area contributed by atoms with Crippen LogP contribution in [-0.4, -0.2) is 28.3 Å². The van der Waals surface area contributed by atoms with Crippen LogP contribution in [0.25, 0.3) is 11.4 Å². The number of H-pyrrole nitrogens is 1. The molecule has 1 N–H and O–H groups in total. The first kappa shape index (κ1) is 15.8. The number of hydrogen-bond acceptors (Lipinski definition) is 6. The number of thioether (sulfide) groups is 1. The number of nitrogens with zero attached hydrogens (tertiary/aromatic N) is 2. The van der Waals surface area contributed by atoms with Gasteiger partial charge >= 0.3 is 5.97 Å². The maximum Gasteiger partial charge on any atom is 0.341 e. The van der Waals surface area contributed by atoms with Gasteiger partial charge in [0, 0.05) is 10.0 Å². The Kier molecular flexibility index (Phi) is 4.82. The predicted octanol–water partition coefficient (Wildman–Crippen LogP) is 3.91. The standard InChI is InChI=1S/C15H12BrN3O3S/c1-21-14(20)11-6-7-22-12(11)8-23-15-17-13(18-19-15)9-2-4-10(16)5-3-9/h2-7H,8H2,1H3,(H,17,18,19). The van der Waals surface area contributed by atoms with Crippen molar-refractivity contribution in [2.45, 2.75) is 10.9 Å². The van der Waals surface area contributed by atoms with Gasteiger partial charge in [0.1, 0.15) is 11.3 Å². The molecule has 0 atom stereocenters. The SMILES string of the molecule is COC(=O)c1ccoc1CSc1n[nH]c(-c2ccc(Br)cc2)n1. The predicted molar refractivity (Wildman–Crippen MR) is 89.1 cm³/mol. The van der Waals surface area contributed by atoms with Crippen LogP contribution in [0.4, 0.5) is 0 Å². The van der Waals surface area contributed by atoms with Crippen molar-refractivity contribution in [2.24, 2.45) is 0 Å². The lowest BCUT2D eigenvalue weighted by Crippen LogP contribution is -2.02. The summed E-state index contributed by atoms with van der Waals surface area (Å²) < 4.78 is 11.0. The van der Waals surface area contributed by atoms with Gasteiger partial charge in [-0.2, -0.15) is 0 Å². The normalized spacial score (nSPS) is 10.7. The molecule has 0 spiro atoms. The lowest BCUT2D eigenvalue weighted by molar-refractivity contribution is 0.0598. The van der Waals surface area contributed by atoms with Crippen molar-refractivity contribution in [2.75, 3.05) is 7.11 Å². The molecule has 8 heteroatoms. The summed E-state index contributed by atoms with van der Waals surface area (Å²) in [4.78, 5) is 16.0. The number of aromatic nitrogens is 3. The number of ether oxygens (including phenoxy) is 1. The van der Waals surface area contributed by atoms with E-state index >= 15 is 0 Å². The molecule has 6 nitrogen and oxygen atoms in total. The van der Waals surface area contributed by atoms with E-state index in [1.807, 2.05) is 24.3 Å². The number of methoxy groups -OCH3 is 1. The highest BCUT2D eigenvalue weighted by Crippen LogP contribution is 2.25. The van der Waals surface area contributed by atoms with Gasteiger partial charge in [-0.3, -0.25) is 5.10 Å². The maximum absolute atomic E-state index is 11.6. The van der Waals surface area contributed by atoms with Gasteiger partial charge in [-0.05, 0) is 18.2 Å². The van der Waals surface area contributed by atoms with Crippen LogP contribution in [0.1, 0.15) is 16.1 Å². The van der Waals surface area contributed by atoms with Crippen molar-refractivity contribution < 1.29 is 13.9 Å². The fraction of sp³-hybridized carbons (Fsp3) is 0.133. The van der Waals surface area contributed by atoms with Crippen LogP contribution in [0.5, 0.6) is 0 Å². The molecule has 0 aliphatic carbocycles. The molecule has 2 heterocycles. The largest absolute Gasteiger partial charge is 0.468 e. The molecular formula is C15H12BrN3O3S. The Balaban J connectivity index is 1.69. The molecular weight excluding hydrogens is 382 g/mol. The first-order valence-electron chi connectivity index (χ1n) is 6.63.